The Hall–Kier alpha value is -1.74. The Balaban J connectivity index is 1.70. The van der Waals surface area contributed by atoms with E-state index in [2.05, 4.69) is 34.2 Å². The highest BCUT2D eigenvalue weighted by Crippen LogP contribution is 2.40. The molecule has 0 saturated carbocycles. The summed E-state index contributed by atoms with van der Waals surface area (Å²) in [5.74, 6) is 0.469. The predicted octanol–water partition coefficient (Wildman–Crippen LogP) is 2.24. The third-order valence-electron chi connectivity index (χ3n) is 3.42. The lowest BCUT2D eigenvalue weighted by molar-refractivity contribution is 0.149. The molecular weight excluding hydrogens is 212 g/mol. The predicted molar refractivity (Wildman–Crippen MR) is 64.5 cm³/mol. The lowest BCUT2D eigenvalue weighted by Crippen LogP contribution is -2.19. The number of aliphatic hydroxyl groups excluding tert-OH is 1. The van der Waals surface area contributed by atoms with Crippen LogP contribution in [0.5, 0.6) is 0 Å². The summed E-state index contributed by atoms with van der Waals surface area (Å²) in [5.41, 5.74) is 3.50. The van der Waals surface area contributed by atoms with Gasteiger partial charge in [-0.05, 0) is 36.0 Å². The van der Waals surface area contributed by atoms with E-state index < -0.39 is 6.10 Å². The number of fused-ring (bicyclic) bond motifs is 1. The van der Waals surface area contributed by atoms with E-state index in [1.165, 1.54) is 17.5 Å². The van der Waals surface area contributed by atoms with Gasteiger partial charge in [-0.15, -0.1) is 0 Å². The van der Waals surface area contributed by atoms with Crippen LogP contribution in [0.4, 0.5) is 0 Å². The van der Waals surface area contributed by atoms with Gasteiger partial charge in [0.15, 0.2) is 0 Å². The van der Waals surface area contributed by atoms with Crippen molar-refractivity contribution in [1.29, 1.82) is 0 Å². The van der Waals surface area contributed by atoms with E-state index in [1.807, 2.05) is 0 Å². The van der Waals surface area contributed by atoms with E-state index in [1.54, 1.807) is 12.3 Å². The molecule has 1 aromatic heterocycles. The Morgan fingerprint density at radius 2 is 2.18 bits per heavy atom. The number of aliphatic hydroxyl groups is 1. The minimum Gasteiger partial charge on any atom is -0.387 e. The molecule has 1 aliphatic carbocycles. The van der Waals surface area contributed by atoms with Crippen LogP contribution in [0.2, 0.25) is 0 Å². The molecule has 17 heavy (non-hydrogen) atoms. The van der Waals surface area contributed by atoms with Crippen molar-refractivity contribution in [1.82, 2.24) is 9.97 Å². The molecule has 0 saturated heterocycles. The van der Waals surface area contributed by atoms with Gasteiger partial charge in [0.25, 0.3) is 0 Å². The largest absolute Gasteiger partial charge is 0.387 e. The third kappa shape index (κ3) is 1.94. The lowest BCUT2D eigenvalue weighted by Gasteiger charge is -2.31. The molecule has 1 heterocycles. The molecule has 3 rings (SSSR count). The second-order valence-electron chi connectivity index (χ2n) is 4.49. The first-order chi connectivity index (χ1) is 8.34. The summed E-state index contributed by atoms with van der Waals surface area (Å²) >= 11 is 0. The van der Waals surface area contributed by atoms with Gasteiger partial charge in [-0.1, -0.05) is 24.3 Å². The fourth-order valence-corrected chi connectivity index (χ4v) is 2.46. The summed E-state index contributed by atoms with van der Waals surface area (Å²) < 4.78 is 0. The van der Waals surface area contributed by atoms with Crippen LogP contribution in [0.25, 0.3) is 0 Å². The smallest absolute Gasteiger partial charge is 0.115 e. The van der Waals surface area contributed by atoms with Gasteiger partial charge in [0.05, 0.1) is 11.8 Å². The Bertz CT molecular complexity index is 513. The van der Waals surface area contributed by atoms with E-state index >= 15 is 0 Å². The summed E-state index contributed by atoms with van der Waals surface area (Å²) in [5, 5.41) is 10.1. The number of hydrogen-bond acceptors (Lipinski definition) is 3. The molecule has 0 fully saturated rings. The molecule has 2 aromatic rings. The average molecular weight is 226 g/mol. The van der Waals surface area contributed by atoms with Gasteiger partial charge in [0, 0.05) is 6.20 Å². The molecule has 3 heteroatoms. The molecule has 3 nitrogen and oxygen atoms in total. The van der Waals surface area contributed by atoms with Crippen LogP contribution >= 0.6 is 0 Å². The highest BCUT2D eigenvalue weighted by atomic mass is 16.3. The fourth-order valence-electron chi connectivity index (χ4n) is 2.46. The maximum absolute atomic E-state index is 10.1. The minimum atomic E-state index is -0.489. The second-order valence-corrected chi connectivity index (χ2v) is 4.49. The van der Waals surface area contributed by atoms with E-state index in [4.69, 9.17) is 0 Å². The van der Waals surface area contributed by atoms with Crippen LogP contribution in [0, 0.1) is 0 Å². The van der Waals surface area contributed by atoms with Crippen molar-refractivity contribution in [2.24, 2.45) is 0 Å². The highest BCUT2D eigenvalue weighted by Gasteiger charge is 2.28. The zero-order valence-electron chi connectivity index (χ0n) is 9.45. The molecule has 0 spiro atoms. The first kappa shape index (κ1) is 10.4. The van der Waals surface area contributed by atoms with Gasteiger partial charge in [0.2, 0.25) is 0 Å². The second kappa shape index (κ2) is 4.26. The SMILES string of the molecule is OC(CC1Cc2ccccc21)c1ccncn1. The number of aromatic nitrogens is 2. The summed E-state index contributed by atoms with van der Waals surface area (Å²) in [6, 6.07) is 10.2. The average Bonchev–Trinajstić information content (AvgIpc) is 2.37. The number of rotatable bonds is 3. The van der Waals surface area contributed by atoms with Gasteiger partial charge in [-0.3, -0.25) is 0 Å². The van der Waals surface area contributed by atoms with Crippen LogP contribution in [0.1, 0.15) is 35.3 Å². The lowest BCUT2D eigenvalue weighted by atomic mass is 9.74. The van der Waals surface area contributed by atoms with Gasteiger partial charge in [0.1, 0.15) is 6.33 Å². The Morgan fingerprint density at radius 1 is 1.29 bits per heavy atom. The van der Waals surface area contributed by atoms with Gasteiger partial charge >= 0.3 is 0 Å². The van der Waals surface area contributed by atoms with E-state index in [-0.39, 0.29) is 0 Å². The molecule has 0 bridgehead atoms. The summed E-state index contributed by atoms with van der Waals surface area (Å²) in [4.78, 5) is 7.94. The normalized spacial score (nSPS) is 19.2. The van der Waals surface area contributed by atoms with Crippen molar-refractivity contribution in [2.45, 2.75) is 24.9 Å². The molecule has 1 aliphatic rings. The zero-order valence-corrected chi connectivity index (χ0v) is 9.45. The Morgan fingerprint density at radius 3 is 2.94 bits per heavy atom. The van der Waals surface area contributed by atoms with Gasteiger partial charge in [-0.25, -0.2) is 9.97 Å². The first-order valence-corrected chi connectivity index (χ1v) is 5.86. The van der Waals surface area contributed by atoms with E-state index in [0.717, 1.165) is 12.8 Å². The molecule has 0 amide bonds. The molecule has 1 aromatic carbocycles. The molecule has 0 aliphatic heterocycles. The number of benzene rings is 1. The number of hydrogen-bond donors (Lipinski definition) is 1. The van der Waals surface area contributed by atoms with E-state index in [9.17, 15) is 5.11 Å². The maximum Gasteiger partial charge on any atom is 0.115 e. The van der Waals surface area contributed by atoms with Crippen LogP contribution in [0.15, 0.2) is 42.9 Å². The van der Waals surface area contributed by atoms with Crippen molar-refractivity contribution in [2.75, 3.05) is 0 Å². The Kier molecular flexibility index (Phi) is 2.61. The van der Waals surface area contributed by atoms with Crippen molar-refractivity contribution in [3.8, 4) is 0 Å². The quantitative estimate of drug-likeness (QED) is 0.873. The van der Waals surface area contributed by atoms with Crippen LogP contribution < -0.4 is 0 Å². The Labute approximate surface area is 100 Å². The fraction of sp³-hybridized carbons (Fsp3) is 0.286. The topological polar surface area (TPSA) is 46.0 Å². The van der Waals surface area contributed by atoms with Crippen molar-refractivity contribution >= 4 is 0 Å². The van der Waals surface area contributed by atoms with Crippen LogP contribution in [0.3, 0.4) is 0 Å². The highest BCUT2D eigenvalue weighted by molar-refractivity contribution is 5.40. The summed E-state index contributed by atoms with van der Waals surface area (Å²) in [6.07, 6.45) is 4.47. The third-order valence-corrected chi connectivity index (χ3v) is 3.42. The minimum absolute atomic E-state index is 0.469. The van der Waals surface area contributed by atoms with Gasteiger partial charge in [-0.2, -0.15) is 0 Å². The number of nitrogens with zero attached hydrogens (tertiary/aromatic N) is 2. The molecular formula is C14H14N2O. The van der Waals surface area contributed by atoms with E-state index in [0.29, 0.717) is 11.6 Å². The molecule has 1 N–H and O–H groups in total. The molecule has 2 atom stereocenters. The molecule has 0 radical (unpaired) electrons. The van der Waals surface area contributed by atoms with Crippen molar-refractivity contribution in [3.05, 3.63) is 59.7 Å². The van der Waals surface area contributed by atoms with Crippen molar-refractivity contribution < 1.29 is 5.11 Å². The summed E-state index contributed by atoms with van der Waals surface area (Å²) in [7, 11) is 0. The van der Waals surface area contributed by atoms with Crippen LogP contribution in [-0.2, 0) is 6.42 Å². The van der Waals surface area contributed by atoms with Crippen LogP contribution in [-0.4, -0.2) is 15.1 Å². The summed E-state index contributed by atoms with van der Waals surface area (Å²) in [6.45, 7) is 0. The maximum atomic E-state index is 10.1. The molecule has 86 valence electrons. The molecule has 2 unspecified atom stereocenters. The zero-order chi connectivity index (χ0) is 11.7. The standard InChI is InChI=1S/C14H14N2O/c17-14(13-5-6-15-9-16-13)8-11-7-10-3-1-2-4-12(10)11/h1-6,9,11,14,17H,7-8H2. The van der Waals surface area contributed by atoms with Gasteiger partial charge < -0.3 is 5.11 Å². The first-order valence-electron chi connectivity index (χ1n) is 5.86. The van der Waals surface area contributed by atoms with Crippen molar-refractivity contribution in [3.63, 3.8) is 0 Å². The monoisotopic (exact) mass is 226 g/mol.